The minimum Gasteiger partial charge on any atom is -0.158 e. The molecule has 1 heteroatoms. The highest BCUT2D eigenvalue weighted by Gasteiger charge is 1.56. The maximum absolute atomic E-state index is 4.88. The second-order valence-corrected chi connectivity index (χ2v) is 1.89. The molecule has 0 amide bonds. The molecule has 2 radical (unpaired) electrons. The lowest BCUT2D eigenvalue weighted by atomic mass is 10.2. The second-order valence-electron chi connectivity index (χ2n) is 1.89. The Morgan fingerprint density at radius 3 is 1.12 bits per heavy atom. The summed E-state index contributed by atoms with van der Waals surface area (Å²) in [6.45, 7) is 1.70. The Morgan fingerprint density at radius 1 is 0.500 bits per heavy atom. The summed E-state index contributed by atoms with van der Waals surface area (Å²) < 4.78 is 0. The maximum Gasteiger partial charge on any atom is 0.189 e. The van der Waals surface area contributed by atoms with Crippen molar-refractivity contribution < 1.29 is 0 Å². The minimum atomic E-state index is 1.70. The van der Waals surface area contributed by atoms with Crippen molar-refractivity contribution in [3.63, 3.8) is 0 Å². The van der Waals surface area contributed by atoms with Crippen LogP contribution in [0.4, 0.5) is 0 Å². The Kier molecular flexibility index (Phi) is 9.73. The minimum absolute atomic E-state index is 1.70. The van der Waals surface area contributed by atoms with Gasteiger partial charge in [0.25, 0.3) is 0 Å². The Labute approximate surface area is 98.0 Å². The Bertz CT molecular complexity index is 599. The van der Waals surface area contributed by atoms with Crippen LogP contribution in [0.3, 0.4) is 0 Å². The molecule has 0 N–H and O–H groups in total. The molecule has 0 aromatic heterocycles. The van der Waals surface area contributed by atoms with Crippen LogP contribution < -0.4 is 0 Å². The maximum atomic E-state index is 4.88. The van der Waals surface area contributed by atoms with Gasteiger partial charge < -0.3 is 0 Å². The molecule has 0 aromatic rings. The van der Waals surface area contributed by atoms with Gasteiger partial charge in [-0.25, -0.2) is 0 Å². The van der Waals surface area contributed by atoms with Gasteiger partial charge in [-0.1, -0.05) is 5.92 Å². The Morgan fingerprint density at radius 2 is 0.812 bits per heavy atom. The van der Waals surface area contributed by atoms with E-state index >= 15 is 0 Å². The first-order valence-corrected chi connectivity index (χ1v) is 4.04. The van der Waals surface area contributed by atoms with Gasteiger partial charge in [0.15, 0.2) is 7.85 Å². The van der Waals surface area contributed by atoms with E-state index in [-0.39, 0.29) is 0 Å². The monoisotopic (exact) mass is 194 g/mol. The van der Waals surface area contributed by atoms with E-state index in [1.807, 2.05) is 0 Å². The molecule has 0 aliphatic heterocycles. The molecule has 0 heterocycles. The topological polar surface area (TPSA) is 0 Å². The summed E-state index contributed by atoms with van der Waals surface area (Å²) in [5.74, 6) is 34.4. The highest BCUT2D eigenvalue weighted by atomic mass is 13.6. The highest BCUT2D eigenvalue weighted by molar-refractivity contribution is 6.22. The Balaban J connectivity index is 4.23. The van der Waals surface area contributed by atoms with Gasteiger partial charge >= 0.3 is 0 Å². The summed E-state index contributed by atoms with van der Waals surface area (Å²) in [7, 11) is 4.88. The summed E-state index contributed by atoms with van der Waals surface area (Å²) in [6.07, 6.45) is 0. The van der Waals surface area contributed by atoms with Gasteiger partial charge in [0.1, 0.15) is 0 Å². The number of hydrogen-bond donors (Lipinski definition) is 0. The van der Waals surface area contributed by atoms with Gasteiger partial charge in [0.2, 0.25) is 0 Å². The molecule has 0 fully saturated rings. The van der Waals surface area contributed by atoms with Crippen molar-refractivity contribution in [2.75, 3.05) is 0 Å². The van der Waals surface area contributed by atoms with E-state index in [1.165, 1.54) is 0 Å². The van der Waals surface area contributed by atoms with Gasteiger partial charge in [0.05, 0.1) is 0 Å². The quantitative estimate of drug-likeness (QED) is 0.380. The molecule has 0 aromatic carbocycles. The predicted octanol–water partition coefficient (Wildman–Crippen LogP) is 0.156. The van der Waals surface area contributed by atoms with Crippen LogP contribution in [0.2, 0.25) is 0 Å². The van der Waals surface area contributed by atoms with E-state index in [0.717, 1.165) is 0 Å². The van der Waals surface area contributed by atoms with Crippen molar-refractivity contribution in [1.82, 2.24) is 0 Å². The van der Waals surface area contributed by atoms with E-state index in [9.17, 15) is 0 Å². The van der Waals surface area contributed by atoms with Crippen molar-refractivity contribution in [1.29, 1.82) is 0 Å². The third kappa shape index (κ3) is 11.0. The average Bonchev–Trinajstić information content (AvgIpc) is 2.31. The van der Waals surface area contributed by atoms with Crippen LogP contribution in [0, 0.1) is 82.8 Å². The summed E-state index contributed by atoms with van der Waals surface area (Å²) in [5, 5.41) is 0. The van der Waals surface area contributed by atoms with Crippen molar-refractivity contribution >= 4 is 7.85 Å². The molecule has 0 rings (SSSR count). The van der Waals surface area contributed by atoms with E-state index in [0.29, 0.717) is 0 Å². The van der Waals surface area contributed by atoms with Crippen molar-refractivity contribution in [3.05, 3.63) is 0 Å². The lowest BCUT2D eigenvalue weighted by Gasteiger charge is -1.56. The van der Waals surface area contributed by atoms with Gasteiger partial charge in [-0.05, 0) is 78.0 Å². The molecule has 0 bridgehead atoms. The number of rotatable bonds is 0. The lowest BCUT2D eigenvalue weighted by Crippen LogP contribution is -1.56. The van der Waals surface area contributed by atoms with Crippen molar-refractivity contribution in [2.45, 2.75) is 6.92 Å². The fraction of sp³-hybridized carbons (Fsp3) is 0.0667. The smallest absolute Gasteiger partial charge is 0.158 e. The molecule has 66 valence electrons. The molecule has 0 spiro atoms. The predicted molar refractivity (Wildman–Crippen MR) is 65.9 cm³/mol. The van der Waals surface area contributed by atoms with Crippen molar-refractivity contribution in [2.24, 2.45) is 0 Å². The molecule has 0 nitrogen and oxygen atoms in total. The molecule has 0 aliphatic carbocycles. The molecular formula is C15H3B. The third-order valence-corrected chi connectivity index (χ3v) is 0.885. The zero-order valence-corrected chi connectivity index (χ0v) is 8.58. The summed E-state index contributed by atoms with van der Waals surface area (Å²) in [4.78, 5) is 0. The molecule has 0 unspecified atom stereocenters. The zero-order chi connectivity index (χ0) is 11.9. The van der Waals surface area contributed by atoms with E-state index in [4.69, 9.17) is 7.85 Å². The van der Waals surface area contributed by atoms with Crippen LogP contribution in [-0.4, -0.2) is 7.85 Å². The fourth-order valence-corrected chi connectivity index (χ4v) is 0.411. The van der Waals surface area contributed by atoms with Gasteiger partial charge in [-0.2, -0.15) is 5.82 Å². The first kappa shape index (κ1) is 13.0. The van der Waals surface area contributed by atoms with Crippen LogP contribution >= 0.6 is 0 Å². The van der Waals surface area contributed by atoms with Crippen LogP contribution in [0.25, 0.3) is 0 Å². The van der Waals surface area contributed by atoms with Gasteiger partial charge in [-0.15, -0.1) is 0 Å². The number of hydrogen-bond acceptors (Lipinski definition) is 0. The van der Waals surface area contributed by atoms with Crippen LogP contribution in [-0.2, 0) is 0 Å². The summed E-state index contributed by atoms with van der Waals surface area (Å²) in [5.41, 5.74) is 0. The van der Waals surface area contributed by atoms with E-state index < -0.39 is 0 Å². The van der Waals surface area contributed by atoms with Crippen LogP contribution in [0.5, 0.6) is 0 Å². The van der Waals surface area contributed by atoms with Gasteiger partial charge in [0, 0.05) is 0 Å². The highest BCUT2D eigenvalue weighted by Crippen LogP contribution is 1.57. The fourth-order valence-electron chi connectivity index (χ4n) is 0.411. The standard InChI is InChI=1S/C15H3B/c1-2-3-4-5-6-7-8-9-10-11-12-13-14-15-16/h1H3. The molecule has 0 saturated heterocycles. The molecule has 0 saturated carbocycles. The van der Waals surface area contributed by atoms with E-state index in [1.54, 1.807) is 6.92 Å². The van der Waals surface area contributed by atoms with Gasteiger partial charge in [-0.3, -0.25) is 0 Å². The van der Waals surface area contributed by atoms with E-state index in [2.05, 4.69) is 82.8 Å². The largest absolute Gasteiger partial charge is 0.189 e. The SMILES string of the molecule is [B]C#CC#CC#CC#CC#CC#CC#CC. The average molecular weight is 194 g/mol. The molecular weight excluding hydrogens is 191 g/mol. The molecule has 0 aliphatic rings. The first-order chi connectivity index (χ1) is 7.91. The van der Waals surface area contributed by atoms with Crippen LogP contribution in [0.15, 0.2) is 0 Å². The zero-order valence-electron chi connectivity index (χ0n) is 8.58. The van der Waals surface area contributed by atoms with Crippen LogP contribution in [0.1, 0.15) is 6.92 Å². The Hall–Kier alpha value is -3.02. The normalized spacial score (nSPS) is 3.81. The molecule has 16 heavy (non-hydrogen) atoms. The summed E-state index contributed by atoms with van der Waals surface area (Å²) >= 11 is 0. The second kappa shape index (κ2) is 12.0. The summed E-state index contributed by atoms with van der Waals surface area (Å²) in [6, 6.07) is 0. The molecule has 0 atom stereocenters. The lowest BCUT2D eigenvalue weighted by molar-refractivity contribution is 1.92. The van der Waals surface area contributed by atoms with Crippen molar-refractivity contribution in [3.8, 4) is 82.8 Å². The third-order valence-electron chi connectivity index (χ3n) is 0.885. The first-order valence-electron chi connectivity index (χ1n) is 4.04.